The van der Waals surface area contributed by atoms with Crippen molar-refractivity contribution in [3.63, 3.8) is 0 Å². The van der Waals surface area contributed by atoms with Crippen molar-refractivity contribution in [1.29, 1.82) is 5.26 Å². The molecule has 0 saturated carbocycles. The first kappa shape index (κ1) is 22.5. The predicted molar refractivity (Wildman–Crippen MR) is 134 cm³/mol. The van der Waals surface area contributed by atoms with E-state index in [1.54, 1.807) is 17.0 Å². The van der Waals surface area contributed by atoms with Gasteiger partial charge in [0.15, 0.2) is 0 Å². The fraction of sp³-hybridized carbons (Fsp3) is 0.185. The predicted octanol–water partition coefficient (Wildman–Crippen LogP) is 5.87. The van der Waals surface area contributed by atoms with Crippen molar-refractivity contribution in [1.82, 2.24) is 9.47 Å². The van der Waals surface area contributed by atoms with Crippen LogP contribution in [-0.4, -0.2) is 41.7 Å². The monoisotopic (exact) mass is 489 g/mol. The van der Waals surface area contributed by atoms with Crippen LogP contribution in [0.15, 0.2) is 66.7 Å². The number of nitrogens with zero attached hydrogens (tertiary/aromatic N) is 3. The summed E-state index contributed by atoms with van der Waals surface area (Å²) >= 11 is 13.4. The first-order chi connectivity index (χ1) is 16.6. The summed E-state index contributed by atoms with van der Waals surface area (Å²) in [5.74, 6) is -0.117. The molecular weight excluding hydrogens is 469 g/mol. The van der Waals surface area contributed by atoms with Crippen LogP contribution in [0.4, 0.5) is 0 Å². The van der Waals surface area contributed by atoms with Crippen LogP contribution in [0, 0.1) is 11.3 Å². The van der Waals surface area contributed by atoms with Gasteiger partial charge >= 0.3 is 0 Å². The SMILES string of the molecule is N#Cc1ccc2c(c1)cc(Cc1c(Cl)ccc(C(=O)N3CCOCC3)c1Cl)n2-c1ccccc1. The van der Waals surface area contributed by atoms with Gasteiger partial charge in [-0.1, -0.05) is 41.4 Å². The molecule has 1 amide bonds. The number of carbonyl (C=O) groups excluding carboxylic acids is 1. The Bertz CT molecular complexity index is 1420. The lowest BCUT2D eigenvalue weighted by Gasteiger charge is -2.27. The Morgan fingerprint density at radius 3 is 2.50 bits per heavy atom. The maximum atomic E-state index is 13.1. The highest BCUT2D eigenvalue weighted by molar-refractivity contribution is 6.38. The van der Waals surface area contributed by atoms with E-state index in [4.69, 9.17) is 27.9 Å². The number of hydrogen-bond donors (Lipinski definition) is 0. The fourth-order valence-corrected chi connectivity index (χ4v) is 4.98. The minimum absolute atomic E-state index is 0.117. The van der Waals surface area contributed by atoms with Crippen molar-refractivity contribution in [2.45, 2.75) is 6.42 Å². The summed E-state index contributed by atoms with van der Waals surface area (Å²) in [6, 6.07) is 23.3. The molecule has 1 fully saturated rings. The van der Waals surface area contributed by atoms with E-state index < -0.39 is 0 Å². The number of nitriles is 1. The molecule has 1 saturated heterocycles. The van der Waals surface area contributed by atoms with Crippen LogP contribution in [0.5, 0.6) is 0 Å². The summed E-state index contributed by atoms with van der Waals surface area (Å²) in [6.45, 7) is 2.12. The van der Waals surface area contributed by atoms with E-state index in [1.807, 2.05) is 54.6 Å². The van der Waals surface area contributed by atoms with Crippen molar-refractivity contribution in [3.8, 4) is 11.8 Å². The van der Waals surface area contributed by atoms with Crippen molar-refractivity contribution < 1.29 is 9.53 Å². The van der Waals surface area contributed by atoms with Crippen LogP contribution in [0.3, 0.4) is 0 Å². The summed E-state index contributed by atoms with van der Waals surface area (Å²) in [5.41, 5.74) is 4.66. The van der Waals surface area contributed by atoms with Gasteiger partial charge in [0, 0.05) is 41.3 Å². The second-order valence-electron chi connectivity index (χ2n) is 8.16. The second kappa shape index (κ2) is 9.52. The summed E-state index contributed by atoms with van der Waals surface area (Å²) in [5, 5.41) is 11.2. The molecule has 1 aliphatic rings. The zero-order chi connectivity index (χ0) is 23.7. The summed E-state index contributed by atoms with van der Waals surface area (Å²) < 4.78 is 7.51. The topological polar surface area (TPSA) is 58.3 Å². The van der Waals surface area contributed by atoms with Crippen LogP contribution in [0.2, 0.25) is 10.0 Å². The molecule has 5 rings (SSSR count). The molecule has 0 unspecified atom stereocenters. The molecule has 2 heterocycles. The van der Waals surface area contributed by atoms with Gasteiger partial charge in [-0.3, -0.25) is 4.79 Å². The van der Waals surface area contributed by atoms with Crippen molar-refractivity contribution in [2.24, 2.45) is 0 Å². The Hall–Kier alpha value is -3.30. The maximum absolute atomic E-state index is 13.1. The van der Waals surface area contributed by atoms with Crippen LogP contribution in [0.25, 0.3) is 16.6 Å². The highest BCUT2D eigenvalue weighted by Gasteiger charge is 2.24. The third kappa shape index (κ3) is 4.17. The van der Waals surface area contributed by atoms with Crippen molar-refractivity contribution >= 4 is 40.0 Å². The summed E-state index contributed by atoms with van der Waals surface area (Å²) in [7, 11) is 0. The average Bonchev–Trinajstić information content (AvgIpc) is 3.24. The molecule has 1 aromatic heterocycles. The molecule has 34 heavy (non-hydrogen) atoms. The number of fused-ring (bicyclic) bond motifs is 1. The Kier molecular flexibility index (Phi) is 6.30. The zero-order valence-electron chi connectivity index (χ0n) is 18.3. The van der Waals surface area contributed by atoms with Crippen LogP contribution < -0.4 is 0 Å². The molecule has 0 N–H and O–H groups in total. The van der Waals surface area contributed by atoms with Gasteiger partial charge < -0.3 is 14.2 Å². The normalized spacial score (nSPS) is 13.7. The van der Waals surface area contributed by atoms with Gasteiger partial charge in [-0.05, 0) is 54.1 Å². The van der Waals surface area contributed by atoms with E-state index in [1.165, 1.54) is 0 Å². The van der Waals surface area contributed by atoms with Gasteiger partial charge in [-0.15, -0.1) is 0 Å². The molecule has 4 aromatic rings. The van der Waals surface area contributed by atoms with E-state index in [9.17, 15) is 10.1 Å². The summed E-state index contributed by atoms with van der Waals surface area (Å²) in [6.07, 6.45) is 0.424. The number of rotatable bonds is 4. The third-order valence-corrected chi connectivity index (χ3v) is 6.88. The zero-order valence-corrected chi connectivity index (χ0v) is 19.8. The quantitative estimate of drug-likeness (QED) is 0.360. The third-order valence-electron chi connectivity index (χ3n) is 6.09. The maximum Gasteiger partial charge on any atom is 0.255 e. The first-order valence-electron chi connectivity index (χ1n) is 11.0. The minimum atomic E-state index is -0.117. The highest BCUT2D eigenvalue weighted by Crippen LogP contribution is 2.34. The van der Waals surface area contributed by atoms with Gasteiger partial charge in [0.25, 0.3) is 5.91 Å². The number of morpholine rings is 1. The smallest absolute Gasteiger partial charge is 0.255 e. The van der Waals surface area contributed by atoms with Gasteiger partial charge in [-0.25, -0.2) is 0 Å². The fourth-order valence-electron chi connectivity index (χ4n) is 4.40. The number of para-hydroxylation sites is 1. The molecule has 3 aromatic carbocycles. The van der Waals surface area contributed by atoms with E-state index >= 15 is 0 Å². The molecule has 0 radical (unpaired) electrons. The Labute approximate surface area is 207 Å². The molecule has 0 bridgehead atoms. The van der Waals surface area contributed by atoms with Gasteiger partial charge in [-0.2, -0.15) is 5.26 Å². The average molecular weight is 490 g/mol. The number of halogens is 2. The second-order valence-corrected chi connectivity index (χ2v) is 8.95. The van der Waals surface area contributed by atoms with Crippen LogP contribution in [0.1, 0.15) is 27.2 Å². The molecule has 0 aliphatic carbocycles. The van der Waals surface area contributed by atoms with E-state index in [-0.39, 0.29) is 5.91 Å². The lowest BCUT2D eigenvalue weighted by Crippen LogP contribution is -2.40. The number of amides is 1. The van der Waals surface area contributed by atoms with Gasteiger partial charge in [0.2, 0.25) is 0 Å². The van der Waals surface area contributed by atoms with Crippen molar-refractivity contribution in [2.75, 3.05) is 26.3 Å². The molecule has 0 atom stereocenters. The molecule has 170 valence electrons. The van der Waals surface area contributed by atoms with E-state index in [0.717, 1.165) is 22.3 Å². The largest absolute Gasteiger partial charge is 0.378 e. The molecule has 5 nitrogen and oxygen atoms in total. The number of benzene rings is 3. The van der Waals surface area contributed by atoms with E-state index in [2.05, 4.69) is 10.6 Å². The standard InChI is InChI=1S/C27H21Cl2N3O2/c28-24-8-7-22(27(33)31-10-12-34-13-11-31)26(29)23(24)16-21-15-19-14-18(17-30)6-9-25(19)32(21)20-4-2-1-3-5-20/h1-9,14-15H,10-13,16H2. The van der Waals surface area contributed by atoms with Gasteiger partial charge in [0.1, 0.15) is 0 Å². The first-order valence-corrected chi connectivity index (χ1v) is 11.8. The number of aromatic nitrogens is 1. The Morgan fingerprint density at radius 2 is 1.76 bits per heavy atom. The highest BCUT2D eigenvalue weighted by atomic mass is 35.5. The number of carbonyl (C=O) groups is 1. The Balaban J connectivity index is 1.61. The number of hydrogen-bond acceptors (Lipinski definition) is 3. The molecule has 1 aliphatic heterocycles. The summed E-state index contributed by atoms with van der Waals surface area (Å²) in [4.78, 5) is 14.9. The minimum Gasteiger partial charge on any atom is -0.378 e. The van der Waals surface area contributed by atoms with E-state index in [0.29, 0.717) is 59.5 Å². The number of ether oxygens (including phenoxy) is 1. The van der Waals surface area contributed by atoms with Crippen LogP contribution in [-0.2, 0) is 11.2 Å². The Morgan fingerprint density at radius 1 is 1.00 bits per heavy atom. The van der Waals surface area contributed by atoms with Crippen molar-refractivity contribution in [3.05, 3.63) is 99.2 Å². The van der Waals surface area contributed by atoms with Gasteiger partial charge in [0.05, 0.1) is 40.9 Å². The van der Waals surface area contributed by atoms with Crippen LogP contribution >= 0.6 is 23.2 Å². The molecule has 7 heteroatoms. The molecular formula is C27H21Cl2N3O2. The molecule has 0 spiro atoms. The lowest BCUT2D eigenvalue weighted by molar-refractivity contribution is 0.0303. The lowest BCUT2D eigenvalue weighted by atomic mass is 10.0.